The first kappa shape index (κ1) is 21.7. The van der Waals surface area contributed by atoms with Crippen molar-refractivity contribution in [2.24, 2.45) is 0 Å². The van der Waals surface area contributed by atoms with Crippen LogP contribution in [0.15, 0.2) is 42.6 Å². The van der Waals surface area contributed by atoms with Gasteiger partial charge in [0.05, 0.1) is 23.7 Å². The minimum Gasteiger partial charge on any atom is -0.492 e. The van der Waals surface area contributed by atoms with Gasteiger partial charge in [-0.3, -0.25) is 5.10 Å². The molecule has 6 heteroatoms. The molecule has 0 saturated carbocycles. The fourth-order valence-corrected chi connectivity index (χ4v) is 3.24. The molecule has 0 spiro atoms. The van der Waals surface area contributed by atoms with Gasteiger partial charge in [0.15, 0.2) is 0 Å². The summed E-state index contributed by atoms with van der Waals surface area (Å²) in [6, 6.07) is 12.5. The molecule has 160 valence electrons. The second kappa shape index (κ2) is 9.20. The smallest absolute Gasteiger partial charge is 0.407 e. The molecule has 3 aromatic rings. The van der Waals surface area contributed by atoms with E-state index >= 15 is 0 Å². The molecule has 6 nitrogen and oxygen atoms in total. The lowest BCUT2D eigenvalue weighted by Gasteiger charge is -2.21. The third kappa shape index (κ3) is 5.32. The lowest BCUT2D eigenvalue weighted by molar-refractivity contribution is 0.0525. The van der Waals surface area contributed by atoms with E-state index < -0.39 is 11.7 Å². The Kier molecular flexibility index (Phi) is 6.65. The van der Waals surface area contributed by atoms with Gasteiger partial charge in [-0.15, -0.1) is 0 Å². The summed E-state index contributed by atoms with van der Waals surface area (Å²) in [6.45, 7) is 10.9. The lowest BCUT2D eigenvalue weighted by atomic mass is 9.96. The Morgan fingerprint density at radius 1 is 1.17 bits per heavy atom. The summed E-state index contributed by atoms with van der Waals surface area (Å²) in [7, 11) is 0. The van der Waals surface area contributed by atoms with Gasteiger partial charge < -0.3 is 14.8 Å². The third-order valence-electron chi connectivity index (χ3n) is 4.77. The van der Waals surface area contributed by atoms with E-state index in [1.807, 2.05) is 33.0 Å². The molecule has 1 amide bonds. The molecule has 0 aliphatic heterocycles. The van der Waals surface area contributed by atoms with Gasteiger partial charge in [0.2, 0.25) is 0 Å². The molecule has 2 N–H and O–H groups in total. The maximum Gasteiger partial charge on any atom is 0.407 e. The Labute approximate surface area is 178 Å². The number of aromatic nitrogens is 2. The highest BCUT2D eigenvalue weighted by Gasteiger charge is 2.17. The minimum absolute atomic E-state index is 0.165. The van der Waals surface area contributed by atoms with Crippen LogP contribution in [0, 0.1) is 0 Å². The second-order valence-corrected chi connectivity index (χ2v) is 8.53. The average molecular weight is 410 g/mol. The maximum atomic E-state index is 11.9. The van der Waals surface area contributed by atoms with E-state index in [9.17, 15) is 4.79 Å². The predicted octanol–water partition coefficient (Wildman–Crippen LogP) is 5.65. The van der Waals surface area contributed by atoms with Crippen molar-refractivity contribution in [1.29, 1.82) is 0 Å². The SMILES string of the molecule is CCCOc1c(-c2ccc(C(C)CNC(=O)OC(C)(C)C)cc2)ccc2[nH]ncc12. The standard InChI is InChI=1S/C24H31N3O3/c1-6-13-29-22-19(11-12-21-20(22)15-26-27-21)18-9-7-17(8-10-18)16(2)14-25-23(28)30-24(3,4)5/h7-12,15-16H,6,13-14H2,1-5H3,(H,25,28)(H,26,27). The lowest BCUT2D eigenvalue weighted by Crippen LogP contribution is -2.34. The Morgan fingerprint density at radius 3 is 2.57 bits per heavy atom. The molecule has 0 aliphatic rings. The summed E-state index contributed by atoms with van der Waals surface area (Å²) in [5.41, 5.74) is 3.74. The van der Waals surface area contributed by atoms with Crippen molar-refractivity contribution in [1.82, 2.24) is 15.5 Å². The summed E-state index contributed by atoms with van der Waals surface area (Å²) < 4.78 is 11.4. The maximum absolute atomic E-state index is 11.9. The number of fused-ring (bicyclic) bond motifs is 1. The predicted molar refractivity (Wildman–Crippen MR) is 120 cm³/mol. The summed E-state index contributed by atoms with van der Waals surface area (Å²) in [4.78, 5) is 11.9. The van der Waals surface area contributed by atoms with Gasteiger partial charge in [-0.25, -0.2) is 4.79 Å². The molecule has 0 aliphatic carbocycles. The molecule has 0 bridgehead atoms. The van der Waals surface area contributed by atoms with Crippen LogP contribution in [0.3, 0.4) is 0 Å². The number of nitrogens with zero attached hydrogens (tertiary/aromatic N) is 1. The minimum atomic E-state index is -0.497. The van der Waals surface area contributed by atoms with Gasteiger partial charge in [-0.2, -0.15) is 5.10 Å². The molecule has 1 atom stereocenters. The van der Waals surface area contributed by atoms with Crippen LogP contribution in [0.1, 0.15) is 52.5 Å². The number of hydrogen-bond donors (Lipinski definition) is 2. The summed E-state index contributed by atoms with van der Waals surface area (Å²) >= 11 is 0. The first-order chi connectivity index (χ1) is 14.3. The molecule has 1 unspecified atom stereocenters. The fourth-order valence-electron chi connectivity index (χ4n) is 3.24. The zero-order valence-electron chi connectivity index (χ0n) is 18.4. The van der Waals surface area contributed by atoms with Crippen LogP contribution in [-0.4, -0.2) is 35.0 Å². The van der Waals surface area contributed by atoms with Crippen molar-refractivity contribution in [3.63, 3.8) is 0 Å². The molecule has 3 rings (SSSR count). The van der Waals surface area contributed by atoms with E-state index in [4.69, 9.17) is 9.47 Å². The monoisotopic (exact) mass is 409 g/mol. The first-order valence-corrected chi connectivity index (χ1v) is 10.4. The summed E-state index contributed by atoms with van der Waals surface area (Å²) in [5.74, 6) is 1.02. The van der Waals surface area contributed by atoms with Gasteiger partial charge >= 0.3 is 6.09 Å². The number of benzene rings is 2. The number of amides is 1. The van der Waals surface area contributed by atoms with E-state index in [1.54, 1.807) is 0 Å². The van der Waals surface area contributed by atoms with Crippen molar-refractivity contribution < 1.29 is 14.3 Å². The van der Waals surface area contributed by atoms with Crippen LogP contribution < -0.4 is 10.1 Å². The second-order valence-electron chi connectivity index (χ2n) is 8.53. The van der Waals surface area contributed by atoms with Crippen LogP contribution >= 0.6 is 0 Å². The van der Waals surface area contributed by atoms with Crippen LogP contribution in [0.25, 0.3) is 22.0 Å². The van der Waals surface area contributed by atoms with Crippen molar-refractivity contribution in [2.45, 2.75) is 52.6 Å². The fraction of sp³-hybridized carbons (Fsp3) is 0.417. The number of H-pyrrole nitrogens is 1. The van der Waals surface area contributed by atoms with Crippen molar-refractivity contribution >= 4 is 17.0 Å². The molecule has 2 aromatic carbocycles. The Bertz CT molecular complexity index is 987. The van der Waals surface area contributed by atoms with Gasteiger partial charge in [-0.05, 0) is 56.4 Å². The van der Waals surface area contributed by atoms with E-state index in [0.717, 1.165) is 39.8 Å². The number of carbonyl (C=O) groups is 1. The molecule has 1 aromatic heterocycles. The Hall–Kier alpha value is -3.02. The molecule has 0 fully saturated rings. The number of carbonyl (C=O) groups excluding carboxylic acids is 1. The molecule has 0 radical (unpaired) electrons. The molecular weight excluding hydrogens is 378 g/mol. The van der Waals surface area contributed by atoms with Gasteiger partial charge in [0.1, 0.15) is 11.4 Å². The molecule has 0 saturated heterocycles. The van der Waals surface area contributed by atoms with Crippen molar-refractivity contribution in [3.8, 4) is 16.9 Å². The van der Waals surface area contributed by atoms with Crippen molar-refractivity contribution in [3.05, 3.63) is 48.2 Å². The quantitative estimate of drug-likeness (QED) is 0.529. The highest BCUT2D eigenvalue weighted by molar-refractivity contribution is 5.92. The topological polar surface area (TPSA) is 76.2 Å². The number of rotatable bonds is 7. The number of alkyl carbamates (subject to hydrolysis) is 1. The zero-order chi connectivity index (χ0) is 21.7. The largest absolute Gasteiger partial charge is 0.492 e. The normalized spacial score (nSPS) is 12.6. The third-order valence-corrected chi connectivity index (χ3v) is 4.77. The van der Waals surface area contributed by atoms with Crippen LogP contribution in [0.2, 0.25) is 0 Å². The summed E-state index contributed by atoms with van der Waals surface area (Å²) in [5, 5.41) is 11.0. The van der Waals surface area contributed by atoms with Crippen LogP contribution in [0.4, 0.5) is 4.79 Å². The number of ether oxygens (including phenoxy) is 2. The van der Waals surface area contributed by atoms with Gasteiger partial charge in [-0.1, -0.05) is 38.1 Å². The highest BCUT2D eigenvalue weighted by Crippen LogP contribution is 2.36. The van der Waals surface area contributed by atoms with E-state index in [-0.39, 0.29) is 5.92 Å². The Balaban J connectivity index is 1.75. The Morgan fingerprint density at radius 2 is 1.90 bits per heavy atom. The first-order valence-electron chi connectivity index (χ1n) is 10.4. The summed E-state index contributed by atoms with van der Waals surface area (Å²) in [6.07, 6.45) is 2.36. The van der Waals surface area contributed by atoms with Crippen molar-refractivity contribution in [2.75, 3.05) is 13.2 Å². The van der Waals surface area contributed by atoms with E-state index in [0.29, 0.717) is 13.2 Å². The van der Waals surface area contributed by atoms with Gasteiger partial charge in [0, 0.05) is 12.1 Å². The van der Waals surface area contributed by atoms with Crippen LogP contribution in [0.5, 0.6) is 5.75 Å². The van der Waals surface area contributed by atoms with E-state index in [2.05, 4.69) is 59.7 Å². The van der Waals surface area contributed by atoms with E-state index in [1.165, 1.54) is 0 Å². The number of hydrogen-bond acceptors (Lipinski definition) is 4. The van der Waals surface area contributed by atoms with Gasteiger partial charge in [0.25, 0.3) is 0 Å². The molecule has 30 heavy (non-hydrogen) atoms. The highest BCUT2D eigenvalue weighted by atomic mass is 16.6. The molecular formula is C24H31N3O3. The molecule has 1 heterocycles. The van der Waals surface area contributed by atoms with Crippen LogP contribution in [-0.2, 0) is 4.74 Å². The number of nitrogens with one attached hydrogen (secondary N) is 2. The number of aromatic amines is 1. The zero-order valence-corrected chi connectivity index (χ0v) is 18.4. The average Bonchev–Trinajstić information content (AvgIpc) is 3.18.